The Labute approximate surface area is 118 Å². The van der Waals surface area contributed by atoms with Crippen molar-refractivity contribution in [2.24, 2.45) is 29.1 Å². The van der Waals surface area contributed by atoms with Gasteiger partial charge in [-0.2, -0.15) is 5.26 Å². The summed E-state index contributed by atoms with van der Waals surface area (Å²) < 4.78 is 0. The molecule has 1 N–H and O–H groups in total. The van der Waals surface area contributed by atoms with Crippen LogP contribution >= 0.6 is 0 Å². The second kappa shape index (κ2) is 5.09. The second-order valence-electron chi connectivity index (χ2n) is 7.89. The van der Waals surface area contributed by atoms with Crippen molar-refractivity contribution in [2.45, 2.75) is 71.8 Å². The highest BCUT2D eigenvalue weighted by Crippen LogP contribution is 2.62. The van der Waals surface area contributed by atoms with Crippen molar-refractivity contribution in [1.82, 2.24) is 0 Å². The van der Waals surface area contributed by atoms with Gasteiger partial charge in [-0.15, -0.1) is 0 Å². The molecular weight excluding hydrogens is 234 g/mol. The molecule has 0 saturated heterocycles. The van der Waals surface area contributed by atoms with Crippen molar-refractivity contribution in [3.05, 3.63) is 0 Å². The van der Waals surface area contributed by atoms with Crippen LogP contribution in [0.25, 0.3) is 0 Å². The van der Waals surface area contributed by atoms with Crippen LogP contribution in [0.1, 0.15) is 66.2 Å². The maximum absolute atomic E-state index is 11.4. The van der Waals surface area contributed by atoms with E-state index in [0.29, 0.717) is 23.7 Å². The Kier molecular flexibility index (Phi) is 3.98. The van der Waals surface area contributed by atoms with E-state index in [2.05, 4.69) is 33.8 Å². The molecule has 0 spiro atoms. The van der Waals surface area contributed by atoms with E-state index in [1.165, 1.54) is 12.8 Å². The van der Waals surface area contributed by atoms with E-state index in [-0.39, 0.29) is 0 Å². The van der Waals surface area contributed by atoms with Gasteiger partial charge in [0.25, 0.3) is 0 Å². The van der Waals surface area contributed by atoms with Gasteiger partial charge in [0.15, 0.2) is 0 Å². The number of hydrogen-bond donors (Lipinski definition) is 1. The average molecular weight is 263 g/mol. The lowest BCUT2D eigenvalue weighted by molar-refractivity contribution is -0.108. The van der Waals surface area contributed by atoms with Gasteiger partial charge in [-0.1, -0.05) is 34.1 Å². The van der Waals surface area contributed by atoms with E-state index in [9.17, 15) is 10.4 Å². The normalized spacial score (nSPS) is 34.2. The molecule has 3 unspecified atom stereocenters. The summed E-state index contributed by atoms with van der Waals surface area (Å²) in [7, 11) is 0. The summed E-state index contributed by atoms with van der Waals surface area (Å²) in [6, 6.07) is 2.61. The monoisotopic (exact) mass is 263 g/mol. The summed E-state index contributed by atoms with van der Waals surface area (Å²) in [6.45, 7) is 8.63. The summed E-state index contributed by atoms with van der Waals surface area (Å²) in [5, 5.41) is 21.3. The van der Waals surface area contributed by atoms with Gasteiger partial charge in [0, 0.05) is 0 Å². The molecule has 0 amide bonds. The zero-order valence-corrected chi connectivity index (χ0v) is 12.9. The van der Waals surface area contributed by atoms with Crippen molar-refractivity contribution in [2.75, 3.05) is 0 Å². The fraction of sp³-hybridized carbons (Fsp3) is 0.941. The highest BCUT2D eigenvalue weighted by atomic mass is 16.3. The van der Waals surface area contributed by atoms with E-state index >= 15 is 0 Å². The third-order valence-corrected chi connectivity index (χ3v) is 5.37. The van der Waals surface area contributed by atoms with E-state index < -0.39 is 11.0 Å². The van der Waals surface area contributed by atoms with Crippen molar-refractivity contribution in [3.8, 4) is 6.07 Å². The Morgan fingerprint density at radius 1 is 1.21 bits per heavy atom. The maximum Gasteiger partial charge on any atom is 0.0891 e. The lowest BCUT2D eigenvalue weighted by Gasteiger charge is -2.47. The van der Waals surface area contributed by atoms with Gasteiger partial charge in [0.2, 0.25) is 0 Å². The molecule has 2 aliphatic carbocycles. The first-order valence-electron chi connectivity index (χ1n) is 7.96. The highest BCUT2D eigenvalue weighted by Gasteiger charge is 2.61. The third-order valence-electron chi connectivity index (χ3n) is 5.37. The van der Waals surface area contributed by atoms with Crippen molar-refractivity contribution < 1.29 is 5.11 Å². The largest absolute Gasteiger partial charge is 0.388 e. The number of fused-ring (bicyclic) bond motifs is 2. The number of aliphatic hydroxyl groups is 1. The topological polar surface area (TPSA) is 44.0 Å². The first kappa shape index (κ1) is 14.9. The molecule has 19 heavy (non-hydrogen) atoms. The van der Waals surface area contributed by atoms with Crippen LogP contribution in [0.3, 0.4) is 0 Å². The number of nitrogens with zero attached hydrogens (tertiary/aromatic N) is 1. The quantitative estimate of drug-likeness (QED) is 0.810. The molecule has 2 saturated carbocycles. The number of nitriles is 1. The first-order chi connectivity index (χ1) is 8.83. The Balaban J connectivity index is 2.33. The minimum atomic E-state index is -0.788. The molecular formula is C17H29NO. The predicted octanol–water partition coefficient (Wildman–Crippen LogP) is 4.14. The van der Waals surface area contributed by atoms with Gasteiger partial charge in [0.1, 0.15) is 0 Å². The second-order valence-corrected chi connectivity index (χ2v) is 7.89. The molecule has 2 heteroatoms. The molecule has 0 aromatic rings. The summed E-state index contributed by atoms with van der Waals surface area (Å²) >= 11 is 0. The standard InChI is InChI=1S/C17H29NO/c1-12(2)8-17(19,9-13(3)4)16(11-18)10-14-5-6-15(16)7-14/h12-15,19H,5-10H2,1-4H3. The molecule has 0 radical (unpaired) electrons. The lowest BCUT2D eigenvalue weighted by Crippen LogP contribution is -2.52. The molecule has 108 valence electrons. The molecule has 2 bridgehead atoms. The Morgan fingerprint density at radius 3 is 2.11 bits per heavy atom. The molecule has 0 aliphatic heterocycles. The van der Waals surface area contributed by atoms with Gasteiger partial charge < -0.3 is 5.11 Å². The molecule has 2 nitrogen and oxygen atoms in total. The van der Waals surface area contributed by atoms with E-state index in [1.54, 1.807) is 0 Å². The summed E-state index contributed by atoms with van der Waals surface area (Å²) in [6.07, 6.45) is 6.06. The third kappa shape index (κ3) is 2.42. The Morgan fingerprint density at radius 2 is 1.79 bits per heavy atom. The van der Waals surface area contributed by atoms with Gasteiger partial charge in [-0.05, 0) is 55.8 Å². The fourth-order valence-electron chi connectivity index (χ4n) is 4.94. The molecule has 0 aromatic heterocycles. The van der Waals surface area contributed by atoms with E-state index in [0.717, 1.165) is 25.7 Å². The molecule has 0 aromatic carbocycles. The highest BCUT2D eigenvalue weighted by molar-refractivity contribution is 5.20. The molecule has 0 heterocycles. The van der Waals surface area contributed by atoms with Gasteiger partial charge in [0.05, 0.1) is 17.1 Å². The lowest BCUT2D eigenvalue weighted by atomic mass is 9.59. The minimum absolute atomic E-state index is 0.435. The zero-order valence-electron chi connectivity index (χ0n) is 12.9. The maximum atomic E-state index is 11.4. The van der Waals surface area contributed by atoms with Crippen molar-refractivity contribution in [3.63, 3.8) is 0 Å². The smallest absolute Gasteiger partial charge is 0.0891 e. The molecule has 2 rings (SSSR count). The van der Waals surface area contributed by atoms with Crippen LogP contribution in [0.5, 0.6) is 0 Å². The van der Waals surface area contributed by atoms with Crippen LogP contribution in [0, 0.1) is 40.4 Å². The van der Waals surface area contributed by atoms with Crippen LogP contribution in [0.2, 0.25) is 0 Å². The number of rotatable bonds is 5. The van der Waals surface area contributed by atoms with Crippen molar-refractivity contribution >= 4 is 0 Å². The van der Waals surface area contributed by atoms with Crippen LogP contribution in [-0.2, 0) is 0 Å². The van der Waals surface area contributed by atoms with E-state index in [1.807, 2.05) is 0 Å². The van der Waals surface area contributed by atoms with Crippen LogP contribution < -0.4 is 0 Å². The summed E-state index contributed by atoms with van der Waals surface area (Å²) in [4.78, 5) is 0. The number of hydrogen-bond acceptors (Lipinski definition) is 2. The van der Waals surface area contributed by atoms with Gasteiger partial charge in [-0.3, -0.25) is 0 Å². The first-order valence-corrected chi connectivity index (χ1v) is 7.96. The van der Waals surface area contributed by atoms with Gasteiger partial charge in [-0.25, -0.2) is 0 Å². The van der Waals surface area contributed by atoms with Crippen molar-refractivity contribution in [1.29, 1.82) is 5.26 Å². The molecule has 2 aliphatic rings. The SMILES string of the molecule is CC(C)CC(O)(CC(C)C)C1(C#N)CC2CCC1C2. The summed E-state index contributed by atoms with van der Waals surface area (Å²) in [5.41, 5.74) is -1.26. The Hall–Kier alpha value is -0.550. The predicted molar refractivity (Wildman–Crippen MR) is 77.4 cm³/mol. The minimum Gasteiger partial charge on any atom is -0.388 e. The van der Waals surface area contributed by atoms with Crippen LogP contribution in [0.4, 0.5) is 0 Å². The zero-order chi connectivity index (χ0) is 14.3. The van der Waals surface area contributed by atoms with E-state index in [4.69, 9.17) is 0 Å². The molecule has 3 atom stereocenters. The summed E-state index contributed by atoms with van der Waals surface area (Å²) in [5.74, 6) is 2.00. The molecule has 2 fully saturated rings. The Bertz CT molecular complexity index is 358. The van der Waals surface area contributed by atoms with Gasteiger partial charge >= 0.3 is 0 Å². The fourth-order valence-corrected chi connectivity index (χ4v) is 4.94. The van der Waals surface area contributed by atoms with Crippen LogP contribution in [0.15, 0.2) is 0 Å². The average Bonchev–Trinajstić information content (AvgIpc) is 2.86. The van der Waals surface area contributed by atoms with Crippen LogP contribution in [-0.4, -0.2) is 10.7 Å².